The number of carbonyl (C=O) groups excluding carboxylic acids is 1. The molecule has 4 rings (SSSR count). The first-order valence-corrected chi connectivity index (χ1v) is 11.9. The van der Waals surface area contributed by atoms with Crippen molar-refractivity contribution in [3.8, 4) is 11.1 Å². The van der Waals surface area contributed by atoms with Crippen molar-refractivity contribution in [1.82, 2.24) is 13.9 Å². The molecular formula is C25H23N3O5S. The SMILES string of the molecule is CN(C)S(=O)(=O)c1cccc(-c2cccc(Cn3cnc4ccc(C(=O)CO)cc4c3=O)c2)c1. The van der Waals surface area contributed by atoms with Gasteiger partial charge in [0, 0.05) is 19.7 Å². The summed E-state index contributed by atoms with van der Waals surface area (Å²) in [5.74, 6) is -0.470. The maximum absolute atomic E-state index is 13.0. The molecule has 4 aromatic rings. The number of aliphatic hydroxyl groups is 1. The molecule has 174 valence electrons. The summed E-state index contributed by atoms with van der Waals surface area (Å²) in [6.07, 6.45) is 1.45. The Labute approximate surface area is 196 Å². The van der Waals surface area contributed by atoms with Gasteiger partial charge in [0.25, 0.3) is 5.56 Å². The van der Waals surface area contributed by atoms with Crippen molar-refractivity contribution >= 4 is 26.7 Å². The van der Waals surface area contributed by atoms with Crippen LogP contribution in [-0.2, 0) is 16.6 Å². The zero-order valence-electron chi connectivity index (χ0n) is 18.7. The summed E-state index contributed by atoms with van der Waals surface area (Å²) in [4.78, 5) is 29.4. The first kappa shape index (κ1) is 23.5. The Kier molecular flexibility index (Phi) is 6.43. The van der Waals surface area contributed by atoms with Crippen molar-refractivity contribution in [1.29, 1.82) is 0 Å². The van der Waals surface area contributed by atoms with Crippen LogP contribution in [-0.4, -0.2) is 53.9 Å². The number of aliphatic hydroxyl groups excluding tert-OH is 1. The van der Waals surface area contributed by atoms with E-state index in [1.807, 2.05) is 30.3 Å². The van der Waals surface area contributed by atoms with E-state index in [0.29, 0.717) is 10.9 Å². The quantitative estimate of drug-likeness (QED) is 0.410. The van der Waals surface area contributed by atoms with E-state index in [2.05, 4.69) is 4.98 Å². The van der Waals surface area contributed by atoms with Crippen LogP contribution in [0, 0.1) is 0 Å². The van der Waals surface area contributed by atoms with Gasteiger partial charge in [0.05, 0.1) is 28.7 Å². The van der Waals surface area contributed by atoms with Gasteiger partial charge in [-0.1, -0.05) is 30.3 Å². The smallest absolute Gasteiger partial charge is 0.261 e. The summed E-state index contributed by atoms with van der Waals surface area (Å²) in [7, 11) is -0.591. The third kappa shape index (κ3) is 4.54. The van der Waals surface area contributed by atoms with E-state index in [0.717, 1.165) is 16.7 Å². The molecule has 1 aromatic heterocycles. The Morgan fingerprint density at radius 2 is 1.71 bits per heavy atom. The maximum Gasteiger partial charge on any atom is 0.261 e. The molecule has 34 heavy (non-hydrogen) atoms. The second-order valence-corrected chi connectivity index (χ2v) is 10.2. The minimum atomic E-state index is -3.56. The molecule has 0 saturated heterocycles. The Morgan fingerprint density at radius 1 is 1.00 bits per heavy atom. The summed E-state index contributed by atoms with van der Waals surface area (Å²) < 4.78 is 27.6. The molecule has 0 saturated carbocycles. The summed E-state index contributed by atoms with van der Waals surface area (Å²) in [5, 5.41) is 9.39. The predicted octanol–water partition coefficient (Wildman–Crippen LogP) is 2.54. The van der Waals surface area contributed by atoms with Crippen LogP contribution in [0.2, 0.25) is 0 Å². The number of aromatic nitrogens is 2. The lowest BCUT2D eigenvalue weighted by molar-refractivity contribution is 0.0904. The lowest BCUT2D eigenvalue weighted by atomic mass is 10.0. The average molecular weight is 478 g/mol. The molecule has 0 aliphatic heterocycles. The normalized spacial score (nSPS) is 11.8. The van der Waals surface area contributed by atoms with Crippen LogP contribution in [0.15, 0.2) is 82.7 Å². The molecule has 1 N–H and O–H groups in total. The second-order valence-electron chi connectivity index (χ2n) is 8.01. The molecule has 0 aliphatic rings. The van der Waals surface area contributed by atoms with Crippen molar-refractivity contribution in [2.24, 2.45) is 0 Å². The van der Waals surface area contributed by atoms with E-state index >= 15 is 0 Å². The molecule has 0 unspecified atom stereocenters. The molecule has 0 spiro atoms. The van der Waals surface area contributed by atoms with Crippen LogP contribution in [0.1, 0.15) is 15.9 Å². The van der Waals surface area contributed by atoms with Crippen LogP contribution in [0.25, 0.3) is 22.0 Å². The lowest BCUT2D eigenvalue weighted by Gasteiger charge is -2.13. The number of Topliss-reactive ketones (excluding diaryl/α,β-unsaturated/α-hetero) is 1. The minimum Gasteiger partial charge on any atom is -0.388 e. The third-order valence-corrected chi connectivity index (χ3v) is 7.33. The fourth-order valence-electron chi connectivity index (χ4n) is 3.63. The van der Waals surface area contributed by atoms with Crippen LogP contribution in [0.4, 0.5) is 0 Å². The molecule has 1 heterocycles. The van der Waals surface area contributed by atoms with Gasteiger partial charge >= 0.3 is 0 Å². The van der Waals surface area contributed by atoms with Crippen molar-refractivity contribution < 1.29 is 18.3 Å². The molecule has 9 heteroatoms. The second kappa shape index (κ2) is 9.30. The van der Waals surface area contributed by atoms with E-state index in [4.69, 9.17) is 5.11 Å². The van der Waals surface area contributed by atoms with Gasteiger partial charge in [-0.25, -0.2) is 17.7 Å². The fraction of sp³-hybridized carbons (Fsp3) is 0.160. The summed E-state index contributed by atoms with van der Waals surface area (Å²) in [5.41, 5.74) is 2.78. The Hall–Kier alpha value is -3.66. The van der Waals surface area contributed by atoms with Crippen LogP contribution >= 0.6 is 0 Å². The Balaban J connectivity index is 1.69. The molecule has 8 nitrogen and oxygen atoms in total. The largest absolute Gasteiger partial charge is 0.388 e. The van der Waals surface area contributed by atoms with Gasteiger partial charge in [0.15, 0.2) is 5.78 Å². The number of hydrogen-bond acceptors (Lipinski definition) is 6. The third-order valence-electron chi connectivity index (χ3n) is 5.52. The molecule has 0 atom stereocenters. The van der Waals surface area contributed by atoms with Crippen molar-refractivity contribution in [3.63, 3.8) is 0 Å². The number of ketones is 1. The van der Waals surface area contributed by atoms with Gasteiger partial charge in [-0.15, -0.1) is 0 Å². The van der Waals surface area contributed by atoms with E-state index in [9.17, 15) is 18.0 Å². The number of sulfonamides is 1. The van der Waals surface area contributed by atoms with Gasteiger partial charge in [-0.05, 0) is 53.1 Å². The monoisotopic (exact) mass is 477 g/mol. The summed E-state index contributed by atoms with van der Waals surface area (Å²) >= 11 is 0. The fourth-order valence-corrected chi connectivity index (χ4v) is 4.58. The molecule has 0 amide bonds. The summed E-state index contributed by atoms with van der Waals surface area (Å²) in [6, 6.07) is 18.7. The van der Waals surface area contributed by atoms with Gasteiger partial charge in [-0.2, -0.15) is 0 Å². The highest BCUT2D eigenvalue weighted by Gasteiger charge is 2.17. The topological polar surface area (TPSA) is 110 Å². The maximum atomic E-state index is 13.0. The molecule has 0 fully saturated rings. The number of rotatable bonds is 7. The highest BCUT2D eigenvalue weighted by atomic mass is 32.2. The van der Waals surface area contributed by atoms with Crippen LogP contribution in [0.5, 0.6) is 0 Å². The number of fused-ring (bicyclic) bond motifs is 1. The van der Waals surface area contributed by atoms with E-state index in [1.54, 1.807) is 24.3 Å². The van der Waals surface area contributed by atoms with Gasteiger partial charge in [0.1, 0.15) is 6.61 Å². The lowest BCUT2D eigenvalue weighted by Crippen LogP contribution is -2.22. The minimum absolute atomic E-state index is 0.198. The Bertz CT molecular complexity index is 1560. The van der Waals surface area contributed by atoms with Crippen molar-refractivity contribution in [2.45, 2.75) is 11.4 Å². The standard InChI is InChI=1S/C25H23N3O5S/c1-27(2)34(32,33)21-8-4-7-19(12-21)18-6-3-5-17(11-18)14-28-16-26-23-10-9-20(24(30)15-29)13-22(23)25(28)31/h3-13,16,29H,14-15H2,1-2H3. The molecule has 0 aliphatic carbocycles. The van der Waals surface area contributed by atoms with Crippen LogP contribution in [0.3, 0.4) is 0 Å². The number of hydrogen-bond donors (Lipinski definition) is 1. The zero-order valence-corrected chi connectivity index (χ0v) is 19.5. The number of carbonyl (C=O) groups is 1. The van der Waals surface area contributed by atoms with E-state index < -0.39 is 22.4 Å². The highest BCUT2D eigenvalue weighted by molar-refractivity contribution is 7.89. The van der Waals surface area contributed by atoms with E-state index in [-0.39, 0.29) is 22.6 Å². The van der Waals surface area contributed by atoms with Crippen molar-refractivity contribution in [3.05, 3.63) is 94.5 Å². The van der Waals surface area contributed by atoms with Gasteiger partial charge in [0.2, 0.25) is 10.0 Å². The van der Waals surface area contributed by atoms with Gasteiger partial charge in [-0.3, -0.25) is 14.2 Å². The first-order valence-electron chi connectivity index (χ1n) is 10.5. The van der Waals surface area contributed by atoms with Crippen LogP contribution < -0.4 is 5.56 Å². The zero-order chi connectivity index (χ0) is 24.5. The molecular weight excluding hydrogens is 454 g/mol. The van der Waals surface area contributed by atoms with Crippen molar-refractivity contribution in [2.75, 3.05) is 20.7 Å². The number of nitrogens with zero attached hydrogens (tertiary/aromatic N) is 3. The van der Waals surface area contributed by atoms with E-state index in [1.165, 1.54) is 41.4 Å². The first-order chi connectivity index (χ1) is 16.2. The number of benzene rings is 3. The Morgan fingerprint density at radius 3 is 2.41 bits per heavy atom. The predicted molar refractivity (Wildman–Crippen MR) is 129 cm³/mol. The molecule has 3 aromatic carbocycles. The van der Waals surface area contributed by atoms with Gasteiger partial charge < -0.3 is 5.11 Å². The highest BCUT2D eigenvalue weighted by Crippen LogP contribution is 2.25. The molecule has 0 bridgehead atoms. The summed E-state index contributed by atoms with van der Waals surface area (Å²) in [6.45, 7) is -0.396. The average Bonchev–Trinajstić information content (AvgIpc) is 2.85. The molecule has 0 radical (unpaired) electrons.